The molecule has 0 aliphatic rings. The second-order valence-corrected chi connectivity index (χ2v) is 6.76. The van der Waals surface area contributed by atoms with Gasteiger partial charge in [0.05, 0.1) is 5.52 Å². The molecule has 3 rings (SSSR count). The largest absolute Gasteiger partial charge is 0.460 e. The Morgan fingerprint density at radius 2 is 2.07 bits per heavy atom. The van der Waals surface area contributed by atoms with Crippen LogP contribution >= 0.6 is 0 Å². The van der Waals surface area contributed by atoms with Crippen molar-refractivity contribution < 1.29 is 13.9 Å². The van der Waals surface area contributed by atoms with Crippen molar-refractivity contribution in [2.24, 2.45) is 0 Å². The van der Waals surface area contributed by atoms with E-state index in [-0.39, 0.29) is 11.5 Å². The second-order valence-electron chi connectivity index (χ2n) is 6.76. The summed E-state index contributed by atoms with van der Waals surface area (Å²) in [5.74, 6) is 1.29. The third-order valence-corrected chi connectivity index (χ3v) is 4.79. The molecule has 0 spiro atoms. The van der Waals surface area contributed by atoms with Gasteiger partial charge >= 0.3 is 0 Å². The zero-order valence-electron chi connectivity index (χ0n) is 16.9. The van der Waals surface area contributed by atoms with Gasteiger partial charge < -0.3 is 14.5 Å². The molecule has 0 saturated carbocycles. The smallest absolute Gasteiger partial charge is 0.291 e. The summed E-state index contributed by atoms with van der Waals surface area (Å²) in [5, 5.41) is 7.43. The fourth-order valence-electron chi connectivity index (χ4n) is 3.44. The van der Waals surface area contributed by atoms with E-state index in [0.717, 1.165) is 17.7 Å². The van der Waals surface area contributed by atoms with Crippen LogP contribution in [-0.4, -0.2) is 39.8 Å². The summed E-state index contributed by atoms with van der Waals surface area (Å²) >= 11 is 0. The molecule has 0 bridgehead atoms. The Balaban J connectivity index is 1.95. The molecule has 3 heterocycles. The Morgan fingerprint density at radius 1 is 1.29 bits per heavy atom. The van der Waals surface area contributed by atoms with Crippen LogP contribution < -0.4 is 10.9 Å². The van der Waals surface area contributed by atoms with Crippen LogP contribution in [-0.2, 0) is 16.0 Å². The second kappa shape index (κ2) is 8.60. The number of hydrogen-bond acceptors (Lipinski definition) is 5. The summed E-state index contributed by atoms with van der Waals surface area (Å²) in [6.07, 6.45) is 1.82. The van der Waals surface area contributed by atoms with Crippen molar-refractivity contribution in [3.8, 4) is 0 Å². The highest BCUT2D eigenvalue weighted by Gasteiger charge is 2.24. The number of carbonyl (C=O) groups is 1. The first kappa shape index (κ1) is 20.1. The van der Waals surface area contributed by atoms with Gasteiger partial charge in [0.2, 0.25) is 5.91 Å². The Labute approximate surface area is 163 Å². The highest BCUT2D eigenvalue weighted by molar-refractivity contribution is 5.83. The van der Waals surface area contributed by atoms with Crippen molar-refractivity contribution in [2.45, 2.75) is 53.0 Å². The highest BCUT2D eigenvalue weighted by Crippen LogP contribution is 2.23. The van der Waals surface area contributed by atoms with E-state index in [1.165, 1.54) is 4.68 Å². The highest BCUT2D eigenvalue weighted by atomic mass is 16.5. The molecule has 8 heteroatoms. The molecule has 1 N–H and O–H groups in total. The lowest BCUT2D eigenvalue weighted by atomic mass is 10.2. The lowest BCUT2D eigenvalue weighted by molar-refractivity contribution is -0.124. The molecule has 0 unspecified atom stereocenters. The van der Waals surface area contributed by atoms with E-state index in [1.54, 1.807) is 6.07 Å². The first-order valence-electron chi connectivity index (χ1n) is 9.90. The zero-order chi connectivity index (χ0) is 20.3. The molecule has 1 amide bonds. The minimum Gasteiger partial charge on any atom is -0.460 e. The summed E-state index contributed by atoms with van der Waals surface area (Å²) in [4.78, 5) is 25.8. The SMILES string of the molecule is CCOCCCNC(=O)[C@H](CC)n1nc(CC)n2c(cc3oc(C)cc32)c1=O. The number of fused-ring (bicyclic) bond motifs is 3. The van der Waals surface area contributed by atoms with Crippen molar-refractivity contribution in [1.82, 2.24) is 19.5 Å². The predicted octanol–water partition coefficient (Wildman–Crippen LogP) is 2.61. The normalized spacial score (nSPS) is 12.7. The van der Waals surface area contributed by atoms with Crippen LogP contribution in [0.4, 0.5) is 0 Å². The predicted molar refractivity (Wildman–Crippen MR) is 107 cm³/mol. The van der Waals surface area contributed by atoms with E-state index in [2.05, 4.69) is 10.4 Å². The number of carbonyl (C=O) groups excluding carboxylic acids is 1. The third kappa shape index (κ3) is 3.69. The molecule has 3 aromatic heterocycles. The quantitative estimate of drug-likeness (QED) is 0.569. The minimum absolute atomic E-state index is 0.203. The summed E-state index contributed by atoms with van der Waals surface area (Å²) < 4.78 is 14.1. The van der Waals surface area contributed by atoms with Crippen LogP contribution in [0.2, 0.25) is 0 Å². The molecule has 28 heavy (non-hydrogen) atoms. The van der Waals surface area contributed by atoms with Gasteiger partial charge in [-0.25, -0.2) is 4.68 Å². The fraction of sp³-hybridized carbons (Fsp3) is 0.550. The van der Waals surface area contributed by atoms with Crippen molar-refractivity contribution in [3.63, 3.8) is 0 Å². The topological polar surface area (TPSA) is 90.8 Å². The van der Waals surface area contributed by atoms with Crippen molar-refractivity contribution >= 4 is 22.5 Å². The van der Waals surface area contributed by atoms with Crippen molar-refractivity contribution in [1.29, 1.82) is 0 Å². The summed E-state index contributed by atoms with van der Waals surface area (Å²) in [7, 11) is 0. The first-order chi connectivity index (χ1) is 13.5. The number of furan rings is 1. The van der Waals surface area contributed by atoms with Gasteiger partial charge in [0.1, 0.15) is 23.1 Å². The van der Waals surface area contributed by atoms with E-state index in [1.807, 2.05) is 38.2 Å². The van der Waals surface area contributed by atoms with Crippen LogP contribution in [0.25, 0.3) is 16.6 Å². The van der Waals surface area contributed by atoms with Crippen LogP contribution in [0.3, 0.4) is 0 Å². The first-order valence-corrected chi connectivity index (χ1v) is 9.90. The van der Waals surface area contributed by atoms with E-state index < -0.39 is 6.04 Å². The minimum atomic E-state index is -0.655. The lowest BCUT2D eigenvalue weighted by Crippen LogP contribution is -2.40. The lowest BCUT2D eigenvalue weighted by Gasteiger charge is -2.18. The van der Waals surface area contributed by atoms with Gasteiger partial charge in [0.25, 0.3) is 5.56 Å². The van der Waals surface area contributed by atoms with Crippen LogP contribution in [0, 0.1) is 6.92 Å². The van der Waals surface area contributed by atoms with Gasteiger partial charge in [-0.15, -0.1) is 0 Å². The van der Waals surface area contributed by atoms with Gasteiger partial charge in [0.15, 0.2) is 5.58 Å². The van der Waals surface area contributed by atoms with Gasteiger partial charge in [-0.3, -0.25) is 14.0 Å². The third-order valence-electron chi connectivity index (χ3n) is 4.79. The Morgan fingerprint density at radius 3 is 2.75 bits per heavy atom. The molecular formula is C20H28N4O4. The number of nitrogens with zero attached hydrogens (tertiary/aromatic N) is 3. The summed E-state index contributed by atoms with van der Waals surface area (Å²) in [6, 6.07) is 2.97. The number of ether oxygens (including phenoxy) is 1. The van der Waals surface area contributed by atoms with Crippen molar-refractivity contribution in [2.75, 3.05) is 19.8 Å². The van der Waals surface area contributed by atoms with E-state index in [4.69, 9.17) is 9.15 Å². The van der Waals surface area contributed by atoms with Crippen LogP contribution in [0.15, 0.2) is 21.3 Å². The van der Waals surface area contributed by atoms with Gasteiger partial charge in [-0.2, -0.15) is 5.10 Å². The van der Waals surface area contributed by atoms with Crippen LogP contribution in [0.5, 0.6) is 0 Å². The Kier molecular flexibility index (Phi) is 6.18. The average Bonchev–Trinajstić information content (AvgIpc) is 3.20. The molecule has 0 aliphatic carbocycles. The standard InChI is InChI=1S/C20H28N4O4/c1-5-14(19(25)21-9-8-10-27-7-3)24-20(26)16-12-17-15(11-13(4)28-17)23(16)18(6-2)22-24/h11-12,14H,5-10H2,1-4H3,(H,21,25)/t14-/m0/s1. The van der Waals surface area contributed by atoms with E-state index >= 15 is 0 Å². The molecule has 3 aromatic rings. The maximum Gasteiger partial charge on any atom is 0.291 e. The Bertz CT molecular complexity index is 1030. The number of hydrogen-bond donors (Lipinski definition) is 1. The zero-order valence-corrected chi connectivity index (χ0v) is 16.9. The van der Waals surface area contributed by atoms with Gasteiger partial charge in [0, 0.05) is 38.3 Å². The molecule has 0 saturated heterocycles. The summed E-state index contributed by atoms with van der Waals surface area (Å²) in [5.41, 5.74) is 1.66. The monoisotopic (exact) mass is 388 g/mol. The molecule has 152 valence electrons. The molecule has 0 aliphatic heterocycles. The van der Waals surface area contributed by atoms with E-state index in [0.29, 0.717) is 49.5 Å². The number of aryl methyl sites for hydroxylation is 2. The maximum absolute atomic E-state index is 13.1. The van der Waals surface area contributed by atoms with E-state index in [9.17, 15) is 9.59 Å². The number of rotatable bonds is 9. The molecule has 0 fully saturated rings. The molecular weight excluding hydrogens is 360 g/mol. The maximum atomic E-state index is 13.1. The number of nitrogens with one attached hydrogen (secondary N) is 1. The van der Waals surface area contributed by atoms with Crippen molar-refractivity contribution in [3.05, 3.63) is 34.1 Å². The molecule has 0 aromatic carbocycles. The van der Waals surface area contributed by atoms with Crippen LogP contribution in [0.1, 0.15) is 51.2 Å². The van der Waals surface area contributed by atoms with Gasteiger partial charge in [-0.05, 0) is 26.7 Å². The molecule has 0 radical (unpaired) electrons. The number of amides is 1. The number of aromatic nitrogens is 3. The summed E-state index contributed by atoms with van der Waals surface area (Å²) in [6.45, 7) is 9.42. The average molecular weight is 388 g/mol. The van der Waals surface area contributed by atoms with Gasteiger partial charge in [-0.1, -0.05) is 13.8 Å². The Hall–Kier alpha value is -2.61. The molecule has 8 nitrogen and oxygen atoms in total. The fourth-order valence-corrected chi connectivity index (χ4v) is 3.44. The molecule has 1 atom stereocenters.